The zero-order valence-electron chi connectivity index (χ0n) is 16.4. The van der Waals surface area contributed by atoms with Gasteiger partial charge < -0.3 is 9.80 Å². The molecule has 1 aliphatic heterocycles. The van der Waals surface area contributed by atoms with E-state index in [2.05, 4.69) is 0 Å². The minimum Gasteiger partial charge on any atom is -0.315 e. The van der Waals surface area contributed by atoms with Crippen molar-refractivity contribution in [2.75, 3.05) is 23.4 Å². The van der Waals surface area contributed by atoms with Gasteiger partial charge >= 0.3 is 0 Å². The zero-order valence-corrected chi connectivity index (χ0v) is 17.2. The second-order valence-corrected chi connectivity index (χ2v) is 8.12. The molecule has 0 aromatic heterocycles. The number of rotatable bonds is 5. The molecule has 4 rings (SSSR count). The van der Waals surface area contributed by atoms with Crippen LogP contribution in [0, 0.1) is 5.92 Å². The highest BCUT2D eigenvalue weighted by Crippen LogP contribution is 2.30. The molecule has 1 fully saturated rings. The summed E-state index contributed by atoms with van der Waals surface area (Å²) in [6, 6.07) is 26.5. The molecular weight excluding hydrogens is 396 g/mol. The highest BCUT2D eigenvalue weighted by molar-refractivity contribution is 7.99. The highest BCUT2D eigenvalue weighted by Gasteiger charge is 2.44. The lowest BCUT2D eigenvalue weighted by Crippen LogP contribution is -2.37. The van der Waals surface area contributed by atoms with Crippen LogP contribution in [0.25, 0.3) is 0 Å². The predicted molar refractivity (Wildman–Crippen MR) is 118 cm³/mol. The van der Waals surface area contributed by atoms with Crippen LogP contribution in [-0.4, -0.2) is 31.2 Å². The number of carbonyl (C=O) groups is 3. The summed E-state index contributed by atoms with van der Waals surface area (Å²) in [6.07, 6.45) is 0. The van der Waals surface area contributed by atoms with E-state index in [1.165, 1.54) is 9.80 Å². The van der Waals surface area contributed by atoms with Crippen molar-refractivity contribution in [1.29, 1.82) is 0 Å². The number of anilines is 2. The Morgan fingerprint density at radius 3 is 2.07 bits per heavy atom. The molecule has 3 aromatic carbocycles. The number of amides is 2. The number of carbonyl (C=O) groups excluding carboxylic acids is 3. The SMILES string of the molecule is CN(C(=O)C1CN(c2ccccc2)C(=O)C1=O)c1ccc(Sc2ccccc2)cc1. The van der Waals surface area contributed by atoms with Crippen LogP contribution in [0.4, 0.5) is 11.4 Å². The van der Waals surface area contributed by atoms with Gasteiger partial charge in [0, 0.05) is 34.8 Å². The molecule has 30 heavy (non-hydrogen) atoms. The number of hydrogen-bond donors (Lipinski definition) is 0. The van der Waals surface area contributed by atoms with Gasteiger partial charge in [-0.25, -0.2) is 0 Å². The molecule has 1 heterocycles. The minimum absolute atomic E-state index is 0.0623. The highest BCUT2D eigenvalue weighted by atomic mass is 32.2. The Bertz CT molecular complexity index is 1070. The number of benzene rings is 3. The second-order valence-electron chi connectivity index (χ2n) is 6.97. The molecule has 1 aliphatic rings. The van der Waals surface area contributed by atoms with Crippen LogP contribution in [0.1, 0.15) is 0 Å². The molecule has 1 unspecified atom stereocenters. The Kier molecular flexibility index (Phi) is 5.68. The van der Waals surface area contributed by atoms with Crippen LogP contribution in [-0.2, 0) is 14.4 Å². The van der Waals surface area contributed by atoms with Gasteiger partial charge in [0.2, 0.25) is 11.7 Å². The number of Topliss-reactive ketones (excluding diaryl/α,β-unsaturated/α-hetero) is 1. The number of ketones is 1. The van der Waals surface area contributed by atoms with Crippen LogP contribution < -0.4 is 9.80 Å². The lowest BCUT2D eigenvalue weighted by Gasteiger charge is -2.21. The fraction of sp³-hybridized carbons (Fsp3) is 0.125. The monoisotopic (exact) mass is 416 g/mol. The fourth-order valence-electron chi connectivity index (χ4n) is 3.37. The Labute approximate surface area is 179 Å². The molecule has 0 saturated carbocycles. The van der Waals surface area contributed by atoms with Crippen molar-refractivity contribution >= 4 is 40.7 Å². The zero-order chi connectivity index (χ0) is 21.1. The summed E-state index contributed by atoms with van der Waals surface area (Å²) in [5, 5.41) is 0. The maximum atomic E-state index is 13.0. The third-order valence-corrected chi connectivity index (χ3v) is 6.05. The van der Waals surface area contributed by atoms with Gasteiger partial charge in [-0.05, 0) is 48.5 Å². The van der Waals surface area contributed by atoms with Gasteiger partial charge in [0.25, 0.3) is 5.91 Å². The average Bonchev–Trinajstić information content (AvgIpc) is 3.09. The molecule has 0 aliphatic carbocycles. The van der Waals surface area contributed by atoms with E-state index >= 15 is 0 Å². The Morgan fingerprint density at radius 1 is 0.867 bits per heavy atom. The third-order valence-electron chi connectivity index (χ3n) is 5.04. The van der Waals surface area contributed by atoms with E-state index in [1.807, 2.05) is 60.7 Å². The van der Waals surface area contributed by atoms with Crippen molar-refractivity contribution in [3.8, 4) is 0 Å². The van der Waals surface area contributed by atoms with Crippen molar-refractivity contribution in [1.82, 2.24) is 0 Å². The lowest BCUT2D eigenvalue weighted by molar-refractivity contribution is -0.138. The van der Waals surface area contributed by atoms with Crippen LogP contribution in [0.2, 0.25) is 0 Å². The molecule has 0 bridgehead atoms. The van der Waals surface area contributed by atoms with E-state index in [0.29, 0.717) is 11.4 Å². The van der Waals surface area contributed by atoms with Gasteiger partial charge in [0.1, 0.15) is 5.92 Å². The van der Waals surface area contributed by atoms with Gasteiger partial charge in [0.15, 0.2) is 0 Å². The number of hydrogen-bond acceptors (Lipinski definition) is 4. The van der Waals surface area contributed by atoms with Crippen molar-refractivity contribution in [2.24, 2.45) is 5.92 Å². The topological polar surface area (TPSA) is 57.7 Å². The molecule has 3 aromatic rings. The first-order chi connectivity index (χ1) is 14.5. The molecule has 0 radical (unpaired) electrons. The van der Waals surface area contributed by atoms with Gasteiger partial charge in [-0.3, -0.25) is 14.4 Å². The van der Waals surface area contributed by atoms with Crippen molar-refractivity contribution in [3.63, 3.8) is 0 Å². The lowest BCUT2D eigenvalue weighted by atomic mass is 10.1. The smallest absolute Gasteiger partial charge is 0.295 e. The molecule has 0 N–H and O–H groups in total. The average molecular weight is 417 g/mol. The standard InChI is InChI=1S/C24H20N2O3S/c1-25(17-12-14-20(15-13-17)30-19-10-6-3-7-11-19)23(28)21-16-26(24(29)22(21)27)18-8-4-2-5-9-18/h2-15,21H,16H2,1H3. The van der Waals surface area contributed by atoms with Gasteiger partial charge in [0.05, 0.1) is 0 Å². The number of nitrogens with zero attached hydrogens (tertiary/aromatic N) is 2. The van der Waals surface area contributed by atoms with Gasteiger partial charge in [-0.1, -0.05) is 48.2 Å². The molecule has 0 spiro atoms. The quantitative estimate of drug-likeness (QED) is 0.465. The van der Waals surface area contributed by atoms with Crippen LogP contribution in [0.15, 0.2) is 94.7 Å². The first kappa shape index (κ1) is 19.9. The van der Waals surface area contributed by atoms with E-state index < -0.39 is 17.6 Å². The van der Waals surface area contributed by atoms with E-state index in [0.717, 1.165) is 9.79 Å². The first-order valence-corrected chi connectivity index (χ1v) is 10.4. The van der Waals surface area contributed by atoms with Crippen LogP contribution >= 0.6 is 11.8 Å². The summed E-state index contributed by atoms with van der Waals surface area (Å²) in [5.41, 5.74) is 1.30. The molecular formula is C24H20N2O3S. The van der Waals surface area contributed by atoms with E-state index in [1.54, 1.807) is 43.1 Å². The van der Waals surface area contributed by atoms with Crippen LogP contribution in [0.5, 0.6) is 0 Å². The minimum atomic E-state index is -0.999. The normalized spacial score (nSPS) is 16.0. The van der Waals surface area contributed by atoms with E-state index in [-0.39, 0.29) is 12.5 Å². The summed E-state index contributed by atoms with van der Waals surface area (Å²) < 4.78 is 0. The second kappa shape index (κ2) is 8.55. The summed E-state index contributed by atoms with van der Waals surface area (Å²) >= 11 is 1.63. The van der Waals surface area contributed by atoms with Crippen molar-refractivity contribution in [2.45, 2.75) is 9.79 Å². The number of para-hydroxylation sites is 1. The summed E-state index contributed by atoms with van der Waals surface area (Å²) in [6.45, 7) is 0.0623. The molecule has 1 saturated heterocycles. The summed E-state index contributed by atoms with van der Waals surface area (Å²) in [4.78, 5) is 42.9. The first-order valence-electron chi connectivity index (χ1n) is 9.56. The summed E-state index contributed by atoms with van der Waals surface area (Å²) in [5.74, 6) is -2.68. The molecule has 1 atom stereocenters. The van der Waals surface area contributed by atoms with Crippen LogP contribution in [0.3, 0.4) is 0 Å². The predicted octanol–water partition coefficient (Wildman–Crippen LogP) is 4.03. The largest absolute Gasteiger partial charge is 0.315 e. The fourth-order valence-corrected chi connectivity index (χ4v) is 4.21. The maximum Gasteiger partial charge on any atom is 0.295 e. The molecule has 2 amide bonds. The molecule has 150 valence electrons. The molecule has 5 nitrogen and oxygen atoms in total. The summed E-state index contributed by atoms with van der Waals surface area (Å²) in [7, 11) is 1.63. The third kappa shape index (κ3) is 4.00. The van der Waals surface area contributed by atoms with E-state index in [9.17, 15) is 14.4 Å². The molecule has 6 heteroatoms. The Balaban J connectivity index is 1.47. The Morgan fingerprint density at radius 2 is 1.43 bits per heavy atom. The van der Waals surface area contributed by atoms with Crippen molar-refractivity contribution in [3.05, 3.63) is 84.9 Å². The van der Waals surface area contributed by atoms with Gasteiger partial charge in [-0.15, -0.1) is 0 Å². The van der Waals surface area contributed by atoms with Gasteiger partial charge in [-0.2, -0.15) is 0 Å². The van der Waals surface area contributed by atoms with E-state index in [4.69, 9.17) is 0 Å². The maximum absolute atomic E-state index is 13.0. The van der Waals surface area contributed by atoms with Crippen molar-refractivity contribution < 1.29 is 14.4 Å². The Hall–Kier alpha value is -3.38.